The van der Waals surface area contributed by atoms with E-state index >= 15 is 0 Å². The smallest absolute Gasteiger partial charge is 0.231 e. The summed E-state index contributed by atoms with van der Waals surface area (Å²) in [7, 11) is 5.01. The highest BCUT2D eigenvalue weighted by Crippen LogP contribution is 2.36. The van der Waals surface area contributed by atoms with Crippen LogP contribution in [0.1, 0.15) is 36.4 Å². The minimum atomic E-state index is -0.361. The Morgan fingerprint density at radius 3 is 1.86 bits per heavy atom. The molecule has 29 heavy (non-hydrogen) atoms. The third kappa shape index (κ3) is 6.97. The first-order chi connectivity index (χ1) is 13.3. The average molecular weight is 457 g/mol. The number of aliphatic imine (C=N–C) groups is 1. The van der Waals surface area contributed by atoms with Crippen molar-refractivity contribution in [3.05, 3.63) is 33.9 Å². The van der Waals surface area contributed by atoms with Gasteiger partial charge in [-0.05, 0) is 75.9 Å². The predicted octanol–water partition coefficient (Wildman–Crippen LogP) is 4.68. The fourth-order valence-corrected chi connectivity index (χ4v) is 2.97. The molecule has 0 aromatic carbocycles. The van der Waals surface area contributed by atoms with Crippen molar-refractivity contribution in [3.8, 4) is 0 Å². The highest BCUT2D eigenvalue weighted by atomic mass is 35.5. The fourth-order valence-electron chi connectivity index (χ4n) is 2.27. The van der Waals surface area contributed by atoms with Crippen molar-refractivity contribution in [3.63, 3.8) is 0 Å². The maximum absolute atomic E-state index is 10.9. The Hall–Kier alpha value is -2.19. The van der Waals surface area contributed by atoms with E-state index in [1.165, 1.54) is 13.8 Å². The van der Waals surface area contributed by atoms with Gasteiger partial charge in [0.25, 0.3) is 0 Å². The lowest BCUT2D eigenvalue weighted by atomic mass is 10.2. The second kappa shape index (κ2) is 11.7. The number of nitrogens with two attached hydrogens (primary N) is 1. The van der Waals surface area contributed by atoms with Crippen molar-refractivity contribution in [2.45, 2.75) is 41.5 Å². The summed E-state index contributed by atoms with van der Waals surface area (Å²) in [6, 6.07) is 0. The summed E-state index contributed by atoms with van der Waals surface area (Å²) in [6.07, 6.45) is 0. The number of hydrogen-bond donors (Lipinski definition) is 2. The molecule has 0 radical (unpaired) electrons. The zero-order chi connectivity index (χ0) is 23.0. The van der Waals surface area contributed by atoms with E-state index in [0.29, 0.717) is 17.3 Å². The lowest BCUT2D eigenvalue weighted by molar-refractivity contribution is -0.114. The van der Waals surface area contributed by atoms with Crippen LogP contribution in [0.3, 0.4) is 0 Å². The van der Waals surface area contributed by atoms with Gasteiger partial charge in [0.15, 0.2) is 0 Å². The molecule has 8 nitrogen and oxygen atoms in total. The molecule has 2 unspecified atom stereocenters. The van der Waals surface area contributed by atoms with Crippen molar-refractivity contribution >= 4 is 71.3 Å². The first-order valence-corrected chi connectivity index (χ1v) is 9.69. The Labute approximate surface area is 181 Å². The molecule has 3 N–H and O–H groups in total. The number of carbonyl (C=O) groups excluding carboxylic acids is 2. The molecule has 0 aliphatic rings. The van der Waals surface area contributed by atoms with Crippen molar-refractivity contribution in [1.29, 1.82) is 0 Å². The molecule has 0 saturated carbocycles. The largest absolute Gasteiger partial charge is 0.383 e. The Balaban J connectivity index is 0.000000466. The van der Waals surface area contributed by atoms with Gasteiger partial charge in [-0.1, -0.05) is 0 Å². The maximum atomic E-state index is 10.9. The number of carbonyl (C=O) groups is 2. The van der Waals surface area contributed by atoms with Crippen LogP contribution in [0, 0.1) is 34.3 Å². The van der Waals surface area contributed by atoms with Crippen molar-refractivity contribution < 1.29 is 9.59 Å². The van der Waals surface area contributed by atoms with Gasteiger partial charge in [-0.25, -0.2) is 4.85 Å². The molecule has 158 valence electrons. The summed E-state index contributed by atoms with van der Waals surface area (Å²) >= 11 is 4.64. The molecule has 2 heterocycles. The van der Waals surface area contributed by atoms with Crippen molar-refractivity contribution in [2.24, 2.45) is 4.99 Å². The molecule has 0 bridgehead atoms. The molecule has 2 rings (SSSR count). The summed E-state index contributed by atoms with van der Waals surface area (Å²) in [5, 5.41) is 2.28. The number of hydrogen-bond acceptors (Lipinski definition) is 4. The molecule has 2 aromatic rings. The molecule has 1 amide bonds. The van der Waals surface area contributed by atoms with Gasteiger partial charge >= 0.3 is 0 Å². The van der Waals surface area contributed by atoms with Gasteiger partial charge in [-0.2, -0.15) is 0 Å². The van der Waals surface area contributed by atoms with Gasteiger partial charge in [0, 0.05) is 25.2 Å². The number of nitrogen functional groups attached to an aromatic ring is 1. The monoisotopic (exact) mass is 456 g/mol. The van der Waals surface area contributed by atoms with Gasteiger partial charge in [0.2, 0.25) is 16.8 Å². The van der Waals surface area contributed by atoms with Crippen LogP contribution < -0.4 is 11.1 Å². The van der Waals surface area contributed by atoms with Gasteiger partial charge in [-0.15, -0.1) is 0 Å². The standard InChI is InChI=1S/C9H12N3OP.C7H12N3P.C2H3ClO/c1-5-6(2)12(14)9(8(5)10-4)11-7(3)13;1-4-5(2)10(11)7(8)6(4)9-3;1-2(3)4/h14H2,1-3H3,(H,11,13);3,8,11H2,1-2H3;1H3. The number of rotatable bonds is 2. The van der Waals surface area contributed by atoms with E-state index in [2.05, 4.69) is 52.3 Å². The van der Waals surface area contributed by atoms with Crippen molar-refractivity contribution in [1.82, 2.24) is 8.68 Å². The van der Waals surface area contributed by atoms with E-state index in [9.17, 15) is 9.59 Å². The number of aromatic nitrogens is 2. The van der Waals surface area contributed by atoms with Crippen LogP contribution in [0.4, 0.5) is 23.0 Å². The van der Waals surface area contributed by atoms with E-state index in [0.717, 1.165) is 28.2 Å². The lowest BCUT2D eigenvalue weighted by Gasteiger charge is -2.05. The summed E-state index contributed by atoms with van der Waals surface area (Å²) in [5.74, 6) is 1.03. The molecular formula is C18H27ClN6O2P2. The summed E-state index contributed by atoms with van der Waals surface area (Å²) in [5.41, 5.74) is 11.1. The van der Waals surface area contributed by atoms with Crippen molar-refractivity contribution in [2.75, 3.05) is 11.1 Å². The normalized spacial score (nSPS) is 9.38. The van der Waals surface area contributed by atoms with Gasteiger partial charge < -0.3 is 19.7 Å². The first-order valence-electron chi connectivity index (χ1n) is 8.28. The maximum Gasteiger partial charge on any atom is 0.231 e. The zero-order valence-electron chi connectivity index (χ0n) is 17.4. The van der Waals surface area contributed by atoms with Crippen LogP contribution in [0.2, 0.25) is 0 Å². The SMILES string of the molecule is C=Nc1c(C)c(C)n(P)c1N.CC(=O)Cl.[C-]#[N+]c1c(C)c(C)n(P)c1NC(C)=O. The van der Waals surface area contributed by atoms with E-state index in [-0.39, 0.29) is 11.1 Å². The zero-order valence-corrected chi connectivity index (χ0v) is 20.5. The summed E-state index contributed by atoms with van der Waals surface area (Å²) < 4.78 is 3.57. The van der Waals surface area contributed by atoms with Gasteiger partial charge in [0.1, 0.15) is 17.3 Å². The topological polar surface area (TPSA) is 98.8 Å². The van der Waals surface area contributed by atoms with E-state index in [4.69, 9.17) is 12.3 Å². The molecular weight excluding hydrogens is 430 g/mol. The highest BCUT2D eigenvalue weighted by molar-refractivity contribution is 7.15. The number of nitrogens with one attached hydrogen (secondary N) is 1. The predicted molar refractivity (Wildman–Crippen MR) is 129 cm³/mol. The molecule has 0 aliphatic carbocycles. The van der Waals surface area contributed by atoms with Gasteiger partial charge in [0.05, 0.1) is 6.57 Å². The van der Waals surface area contributed by atoms with E-state index in [1.54, 1.807) is 4.34 Å². The molecule has 0 fully saturated rings. The molecule has 2 aromatic heterocycles. The van der Waals surface area contributed by atoms with Crippen LogP contribution in [-0.4, -0.2) is 26.5 Å². The highest BCUT2D eigenvalue weighted by Gasteiger charge is 2.16. The number of nitrogens with zero attached hydrogens (tertiary/aromatic N) is 4. The summed E-state index contributed by atoms with van der Waals surface area (Å²) in [4.78, 5) is 27.4. The Morgan fingerprint density at radius 2 is 1.59 bits per heavy atom. The van der Waals surface area contributed by atoms with Crippen LogP contribution in [0.5, 0.6) is 0 Å². The summed E-state index contributed by atoms with van der Waals surface area (Å²) in [6.45, 7) is 21.0. The Morgan fingerprint density at radius 1 is 1.14 bits per heavy atom. The van der Waals surface area contributed by atoms with E-state index < -0.39 is 0 Å². The molecule has 0 saturated heterocycles. The second-order valence-corrected chi connectivity index (χ2v) is 7.58. The Bertz CT molecular complexity index is 943. The lowest BCUT2D eigenvalue weighted by Crippen LogP contribution is -2.07. The fraction of sp³-hybridized carbons (Fsp3) is 0.333. The van der Waals surface area contributed by atoms with E-state index in [1.807, 2.05) is 32.0 Å². The third-order valence-corrected chi connectivity index (χ3v) is 5.36. The minimum Gasteiger partial charge on any atom is -0.383 e. The van der Waals surface area contributed by atoms with Crippen LogP contribution in [0.25, 0.3) is 4.85 Å². The van der Waals surface area contributed by atoms with Crippen LogP contribution in [0.15, 0.2) is 4.99 Å². The average Bonchev–Trinajstić information content (AvgIpc) is 2.94. The minimum absolute atomic E-state index is 0.170. The quantitative estimate of drug-likeness (QED) is 0.297. The van der Waals surface area contributed by atoms with Crippen LogP contribution in [-0.2, 0) is 9.59 Å². The molecule has 11 heteroatoms. The first kappa shape index (κ1) is 26.8. The molecule has 0 spiro atoms. The molecule has 2 atom stereocenters. The van der Waals surface area contributed by atoms with Gasteiger partial charge in [-0.3, -0.25) is 14.6 Å². The number of amides is 1. The third-order valence-electron chi connectivity index (χ3n) is 4.05. The second-order valence-electron chi connectivity index (χ2n) is 6.01. The Kier molecular flexibility index (Phi) is 10.8. The van der Waals surface area contributed by atoms with Crippen LogP contribution >= 0.6 is 30.4 Å². The number of anilines is 2. The molecule has 0 aliphatic heterocycles. The number of halogens is 1.